The highest BCUT2D eigenvalue weighted by Gasteiger charge is 2.29. The zero-order chi connectivity index (χ0) is 24.5. The van der Waals surface area contributed by atoms with Gasteiger partial charge in [-0.25, -0.2) is 13.1 Å². The maximum Gasteiger partial charge on any atom is 0.295 e. The summed E-state index contributed by atoms with van der Waals surface area (Å²) in [6.07, 6.45) is 0. The van der Waals surface area contributed by atoms with E-state index < -0.39 is 10.0 Å². The molecule has 1 amide bonds. The largest absolute Gasteiger partial charge is 0.319 e. The summed E-state index contributed by atoms with van der Waals surface area (Å²) >= 11 is 5.94. The van der Waals surface area contributed by atoms with Crippen molar-refractivity contribution in [3.8, 4) is 5.69 Å². The van der Waals surface area contributed by atoms with Gasteiger partial charge in [-0.2, -0.15) is 4.31 Å². The molecule has 4 rings (SSSR count). The Morgan fingerprint density at radius 3 is 2.35 bits per heavy atom. The van der Waals surface area contributed by atoms with Crippen molar-refractivity contribution in [1.82, 2.24) is 18.6 Å². The Hall–Kier alpha value is -2.92. The fourth-order valence-corrected chi connectivity index (χ4v) is 5.72. The Morgan fingerprint density at radius 2 is 1.71 bits per heavy atom. The molecule has 11 heteroatoms. The summed E-state index contributed by atoms with van der Waals surface area (Å²) in [5.41, 5.74) is 1.27. The summed E-state index contributed by atoms with van der Waals surface area (Å²) in [7, 11) is -1.89. The van der Waals surface area contributed by atoms with E-state index in [2.05, 4.69) is 5.32 Å². The normalized spacial score (nSPS) is 15.4. The van der Waals surface area contributed by atoms with Crippen molar-refractivity contribution >= 4 is 33.2 Å². The van der Waals surface area contributed by atoms with Crippen LogP contribution in [0.1, 0.15) is 5.69 Å². The van der Waals surface area contributed by atoms with Crippen LogP contribution in [-0.4, -0.2) is 65.6 Å². The van der Waals surface area contributed by atoms with E-state index in [1.54, 1.807) is 30.8 Å². The highest BCUT2D eigenvalue weighted by atomic mass is 35.5. The molecule has 1 aliphatic rings. The molecule has 0 spiro atoms. The molecule has 0 bridgehead atoms. The zero-order valence-corrected chi connectivity index (χ0v) is 20.5. The first-order chi connectivity index (χ1) is 16.2. The van der Waals surface area contributed by atoms with Crippen LogP contribution < -0.4 is 10.9 Å². The van der Waals surface area contributed by atoms with Crippen molar-refractivity contribution < 1.29 is 13.2 Å². The van der Waals surface area contributed by atoms with Crippen LogP contribution in [-0.2, 0) is 21.9 Å². The number of aromatic nitrogens is 2. The second-order valence-electron chi connectivity index (χ2n) is 8.12. The molecule has 0 atom stereocenters. The fraction of sp³-hybridized carbons (Fsp3) is 0.304. The molecule has 2 aromatic carbocycles. The minimum atomic E-state index is -3.65. The average molecular weight is 504 g/mol. The standard InChI is InChI=1S/C23H26ClN5O4S/c1-17-22(23(31)29(26(17)2)19-8-4-3-5-9-19)25-21(30)16-27-11-13-28(14-12-27)34(32,33)20-10-6-7-18(24)15-20/h3-10,15H,11-14,16H2,1-2H3,(H,25,30). The average Bonchev–Trinajstić information content (AvgIpc) is 3.03. The zero-order valence-electron chi connectivity index (χ0n) is 18.9. The minimum Gasteiger partial charge on any atom is -0.319 e. The number of benzene rings is 2. The molecule has 180 valence electrons. The molecular formula is C23H26ClN5O4S. The number of halogens is 1. The first-order valence-corrected chi connectivity index (χ1v) is 12.6. The van der Waals surface area contributed by atoms with E-state index >= 15 is 0 Å². The van der Waals surface area contributed by atoms with Crippen LogP contribution in [0.3, 0.4) is 0 Å². The van der Waals surface area contributed by atoms with Crippen LogP contribution in [0.25, 0.3) is 5.69 Å². The quantitative estimate of drug-likeness (QED) is 0.555. The van der Waals surface area contributed by atoms with E-state index in [0.717, 1.165) is 0 Å². The molecule has 0 unspecified atom stereocenters. The maximum atomic E-state index is 13.0. The Kier molecular flexibility index (Phi) is 6.94. The number of anilines is 1. The number of amides is 1. The molecule has 9 nitrogen and oxygen atoms in total. The molecule has 2 heterocycles. The Bertz CT molecular complexity index is 1360. The number of para-hydroxylation sites is 1. The molecule has 0 aliphatic carbocycles. The number of rotatable bonds is 6. The van der Waals surface area contributed by atoms with Gasteiger partial charge in [0.25, 0.3) is 5.56 Å². The van der Waals surface area contributed by atoms with Gasteiger partial charge in [0, 0.05) is 38.2 Å². The van der Waals surface area contributed by atoms with Crippen molar-refractivity contribution in [2.45, 2.75) is 11.8 Å². The van der Waals surface area contributed by atoms with Crippen molar-refractivity contribution in [2.75, 3.05) is 38.0 Å². The molecule has 3 aromatic rings. The van der Waals surface area contributed by atoms with Crippen molar-refractivity contribution in [1.29, 1.82) is 0 Å². The number of carbonyl (C=O) groups excluding carboxylic acids is 1. The minimum absolute atomic E-state index is 0.0597. The Morgan fingerprint density at radius 1 is 1.03 bits per heavy atom. The summed E-state index contributed by atoms with van der Waals surface area (Å²) in [4.78, 5) is 27.7. The number of sulfonamides is 1. The van der Waals surface area contributed by atoms with Crippen LogP contribution >= 0.6 is 11.6 Å². The van der Waals surface area contributed by atoms with Gasteiger partial charge >= 0.3 is 0 Å². The molecule has 1 saturated heterocycles. The van der Waals surface area contributed by atoms with E-state index in [9.17, 15) is 18.0 Å². The fourth-order valence-electron chi connectivity index (χ4n) is 4.00. The van der Waals surface area contributed by atoms with Gasteiger partial charge in [-0.15, -0.1) is 0 Å². The van der Waals surface area contributed by atoms with Gasteiger partial charge in [-0.3, -0.25) is 19.2 Å². The molecular weight excluding hydrogens is 478 g/mol. The summed E-state index contributed by atoms with van der Waals surface area (Å²) in [5, 5.41) is 3.11. The van der Waals surface area contributed by atoms with Gasteiger partial charge in [0.15, 0.2) is 0 Å². The van der Waals surface area contributed by atoms with Gasteiger partial charge in [0.1, 0.15) is 5.69 Å². The second kappa shape index (κ2) is 9.75. The lowest BCUT2D eigenvalue weighted by molar-refractivity contribution is -0.117. The lowest BCUT2D eigenvalue weighted by Crippen LogP contribution is -2.50. The van der Waals surface area contributed by atoms with Gasteiger partial charge in [-0.05, 0) is 37.3 Å². The number of hydrogen-bond acceptors (Lipinski definition) is 5. The van der Waals surface area contributed by atoms with E-state index in [1.807, 2.05) is 35.2 Å². The third kappa shape index (κ3) is 4.80. The molecule has 1 fully saturated rings. The number of hydrogen-bond donors (Lipinski definition) is 1. The van der Waals surface area contributed by atoms with Crippen molar-refractivity contribution in [2.24, 2.45) is 7.05 Å². The monoisotopic (exact) mass is 503 g/mol. The van der Waals surface area contributed by atoms with Crippen LogP contribution in [0.5, 0.6) is 0 Å². The van der Waals surface area contributed by atoms with Crippen molar-refractivity contribution in [3.63, 3.8) is 0 Å². The van der Waals surface area contributed by atoms with Gasteiger partial charge in [0.2, 0.25) is 15.9 Å². The van der Waals surface area contributed by atoms with E-state index in [1.165, 1.54) is 21.1 Å². The lowest BCUT2D eigenvalue weighted by atomic mass is 10.3. The van der Waals surface area contributed by atoms with E-state index in [-0.39, 0.29) is 41.7 Å². The predicted molar refractivity (Wildman–Crippen MR) is 131 cm³/mol. The summed E-state index contributed by atoms with van der Waals surface area (Å²) in [5.74, 6) is -0.322. The maximum absolute atomic E-state index is 13.0. The number of carbonyl (C=O) groups is 1. The molecule has 1 aromatic heterocycles. The molecule has 0 saturated carbocycles. The molecule has 1 aliphatic heterocycles. The number of nitrogens with zero attached hydrogens (tertiary/aromatic N) is 4. The highest BCUT2D eigenvalue weighted by molar-refractivity contribution is 7.89. The third-order valence-electron chi connectivity index (χ3n) is 5.95. The molecule has 34 heavy (non-hydrogen) atoms. The Labute approximate surface area is 203 Å². The first kappa shape index (κ1) is 24.2. The Balaban J connectivity index is 1.40. The van der Waals surface area contributed by atoms with Crippen LogP contribution in [0.4, 0.5) is 5.69 Å². The predicted octanol–water partition coefficient (Wildman–Crippen LogP) is 2.08. The SMILES string of the molecule is Cc1c(NC(=O)CN2CCN(S(=O)(=O)c3cccc(Cl)c3)CC2)c(=O)n(-c2ccccc2)n1C. The summed E-state index contributed by atoms with van der Waals surface area (Å²) in [6.45, 7) is 3.14. The van der Waals surface area contributed by atoms with E-state index in [0.29, 0.717) is 29.5 Å². The summed E-state index contributed by atoms with van der Waals surface area (Å²) < 4.78 is 30.3. The van der Waals surface area contributed by atoms with Gasteiger partial charge < -0.3 is 5.32 Å². The van der Waals surface area contributed by atoms with Crippen LogP contribution in [0.15, 0.2) is 64.3 Å². The van der Waals surface area contributed by atoms with Crippen molar-refractivity contribution in [3.05, 3.63) is 75.7 Å². The van der Waals surface area contributed by atoms with Crippen LogP contribution in [0, 0.1) is 6.92 Å². The summed E-state index contributed by atoms with van der Waals surface area (Å²) in [6, 6.07) is 15.4. The van der Waals surface area contributed by atoms with E-state index in [4.69, 9.17) is 11.6 Å². The number of nitrogens with one attached hydrogen (secondary N) is 1. The lowest BCUT2D eigenvalue weighted by Gasteiger charge is -2.33. The third-order valence-corrected chi connectivity index (χ3v) is 8.08. The molecule has 1 N–H and O–H groups in total. The second-order valence-corrected chi connectivity index (χ2v) is 10.5. The first-order valence-electron chi connectivity index (χ1n) is 10.8. The highest BCUT2D eigenvalue weighted by Crippen LogP contribution is 2.21. The topological polar surface area (TPSA) is 96.7 Å². The smallest absolute Gasteiger partial charge is 0.295 e. The van der Waals surface area contributed by atoms with Gasteiger partial charge in [0.05, 0.1) is 22.8 Å². The van der Waals surface area contributed by atoms with Crippen LogP contribution in [0.2, 0.25) is 5.02 Å². The molecule has 0 radical (unpaired) electrons. The number of piperazine rings is 1. The van der Waals surface area contributed by atoms with Gasteiger partial charge in [-0.1, -0.05) is 35.9 Å².